The van der Waals surface area contributed by atoms with Crippen molar-refractivity contribution in [1.82, 2.24) is 10.9 Å². The second-order valence-electron chi connectivity index (χ2n) is 6.28. The summed E-state index contributed by atoms with van der Waals surface area (Å²) in [5.74, 6) is -0.900. The van der Waals surface area contributed by atoms with Gasteiger partial charge in [0, 0.05) is 22.3 Å². The molecule has 0 heterocycles. The standard InChI is InChI=1S/C18H20BrN5O4S3/c19-11-1-3-13(4-2-11)22-18(30)24-23-16(26)9-14(25)10-17(29)21-12-5-7-15(8-6-12)31(20,27)28/h1-8,17,21,29H,9-10H2,(H,23,26)(H2,20,27,28)(H2,22,24,30). The molecule has 166 valence electrons. The Kier molecular flexibility index (Phi) is 9.25. The summed E-state index contributed by atoms with van der Waals surface area (Å²) in [6.45, 7) is 0. The van der Waals surface area contributed by atoms with Crippen LogP contribution in [-0.4, -0.2) is 30.6 Å². The van der Waals surface area contributed by atoms with Crippen LogP contribution >= 0.6 is 40.8 Å². The normalized spacial score (nSPS) is 11.8. The number of benzene rings is 2. The Hall–Kier alpha value is -2.19. The summed E-state index contributed by atoms with van der Waals surface area (Å²) in [7, 11) is -3.78. The maximum atomic E-state index is 12.1. The quantitative estimate of drug-likeness (QED) is 0.0973. The van der Waals surface area contributed by atoms with E-state index >= 15 is 0 Å². The zero-order chi connectivity index (χ0) is 23.0. The molecule has 6 N–H and O–H groups in total. The van der Waals surface area contributed by atoms with Gasteiger partial charge in [-0.2, -0.15) is 12.6 Å². The van der Waals surface area contributed by atoms with Crippen LogP contribution in [-0.2, 0) is 19.6 Å². The average molecular weight is 546 g/mol. The third-order valence-corrected chi connectivity index (χ3v) is 5.69. The van der Waals surface area contributed by atoms with Gasteiger partial charge in [-0.1, -0.05) is 15.9 Å². The fourth-order valence-electron chi connectivity index (χ4n) is 2.32. The van der Waals surface area contributed by atoms with E-state index in [1.165, 1.54) is 24.3 Å². The van der Waals surface area contributed by atoms with Crippen LogP contribution in [0.3, 0.4) is 0 Å². The van der Waals surface area contributed by atoms with Crippen molar-refractivity contribution in [3.8, 4) is 0 Å². The minimum Gasteiger partial charge on any atom is -0.373 e. The van der Waals surface area contributed by atoms with E-state index in [1.807, 2.05) is 12.1 Å². The van der Waals surface area contributed by atoms with Gasteiger partial charge in [0.05, 0.1) is 16.7 Å². The van der Waals surface area contributed by atoms with Crippen LogP contribution < -0.4 is 26.6 Å². The van der Waals surface area contributed by atoms with Crippen molar-refractivity contribution in [1.29, 1.82) is 0 Å². The number of primary sulfonamides is 1. The second-order valence-corrected chi connectivity index (χ2v) is 9.79. The van der Waals surface area contributed by atoms with Gasteiger partial charge in [0.25, 0.3) is 0 Å². The highest BCUT2D eigenvalue weighted by Gasteiger charge is 2.15. The first-order valence-corrected chi connectivity index (χ1v) is 12.0. The van der Waals surface area contributed by atoms with E-state index in [-0.39, 0.29) is 28.6 Å². The topological polar surface area (TPSA) is 142 Å². The van der Waals surface area contributed by atoms with E-state index in [4.69, 9.17) is 17.4 Å². The zero-order valence-electron chi connectivity index (χ0n) is 16.0. The lowest BCUT2D eigenvalue weighted by Crippen LogP contribution is -2.44. The Bertz CT molecular complexity index is 1050. The lowest BCUT2D eigenvalue weighted by molar-refractivity contribution is -0.128. The van der Waals surface area contributed by atoms with E-state index in [0.717, 1.165) is 10.2 Å². The molecule has 0 aliphatic heterocycles. The first-order valence-electron chi connectivity index (χ1n) is 8.73. The summed E-state index contributed by atoms with van der Waals surface area (Å²) in [4.78, 5) is 24.0. The average Bonchev–Trinajstić information content (AvgIpc) is 2.67. The summed E-state index contributed by atoms with van der Waals surface area (Å²) in [5, 5.41) is 10.4. The Morgan fingerprint density at radius 2 is 1.61 bits per heavy atom. The molecule has 0 aromatic heterocycles. The number of halogens is 1. The number of nitrogens with one attached hydrogen (secondary N) is 4. The summed E-state index contributed by atoms with van der Waals surface area (Å²) in [6, 6.07) is 12.9. The fourth-order valence-corrected chi connectivity index (χ4v) is 3.62. The van der Waals surface area contributed by atoms with E-state index < -0.39 is 21.3 Å². The summed E-state index contributed by atoms with van der Waals surface area (Å²) >= 11 is 12.7. The van der Waals surface area contributed by atoms with Crippen molar-refractivity contribution in [2.24, 2.45) is 5.14 Å². The molecule has 1 unspecified atom stereocenters. The van der Waals surface area contributed by atoms with Crippen LogP contribution in [0.25, 0.3) is 0 Å². The lowest BCUT2D eigenvalue weighted by Gasteiger charge is -2.14. The molecule has 1 amide bonds. The molecule has 2 aromatic rings. The smallest absolute Gasteiger partial charge is 0.245 e. The number of nitrogens with two attached hydrogens (primary N) is 1. The number of thiocarbonyl (C=S) groups is 1. The Labute approximate surface area is 199 Å². The molecule has 2 rings (SSSR count). The minimum absolute atomic E-state index is 0.0263. The molecule has 0 saturated heterocycles. The van der Waals surface area contributed by atoms with Gasteiger partial charge in [0.2, 0.25) is 15.9 Å². The molecule has 0 aliphatic rings. The highest BCUT2D eigenvalue weighted by molar-refractivity contribution is 9.10. The van der Waals surface area contributed by atoms with Crippen molar-refractivity contribution in [3.63, 3.8) is 0 Å². The van der Waals surface area contributed by atoms with Gasteiger partial charge >= 0.3 is 0 Å². The third kappa shape index (κ3) is 9.23. The second kappa shape index (κ2) is 11.4. The van der Waals surface area contributed by atoms with Crippen LogP contribution in [0.5, 0.6) is 0 Å². The molecule has 9 nitrogen and oxygen atoms in total. The molecule has 2 aromatic carbocycles. The summed E-state index contributed by atoms with van der Waals surface area (Å²) in [5.41, 5.74) is 6.16. The number of sulfonamides is 1. The van der Waals surface area contributed by atoms with Crippen LogP contribution in [0, 0.1) is 0 Å². The number of carbonyl (C=O) groups is 2. The monoisotopic (exact) mass is 545 g/mol. The number of Topliss-reactive ketones (excluding diaryl/α,β-unsaturated/α-hetero) is 1. The van der Waals surface area contributed by atoms with E-state index in [0.29, 0.717) is 5.69 Å². The van der Waals surface area contributed by atoms with Crippen LogP contribution in [0.2, 0.25) is 0 Å². The fraction of sp³-hybridized carbons (Fsp3) is 0.167. The number of ketones is 1. The molecule has 0 spiro atoms. The first-order chi connectivity index (χ1) is 14.5. The number of rotatable bonds is 8. The summed E-state index contributed by atoms with van der Waals surface area (Å²) < 4.78 is 23.4. The first kappa shape index (κ1) is 25.1. The highest BCUT2D eigenvalue weighted by Crippen LogP contribution is 2.16. The molecule has 0 radical (unpaired) electrons. The molecule has 0 bridgehead atoms. The molecular weight excluding hydrogens is 526 g/mol. The maximum absolute atomic E-state index is 12.1. The van der Waals surface area contributed by atoms with Crippen LogP contribution in [0.15, 0.2) is 57.9 Å². The van der Waals surface area contributed by atoms with Crippen LogP contribution in [0.1, 0.15) is 12.8 Å². The maximum Gasteiger partial charge on any atom is 0.245 e. The highest BCUT2D eigenvalue weighted by atomic mass is 79.9. The molecule has 0 aliphatic carbocycles. The molecule has 0 fully saturated rings. The summed E-state index contributed by atoms with van der Waals surface area (Å²) in [6.07, 6.45) is -0.397. The van der Waals surface area contributed by atoms with Crippen molar-refractivity contribution in [2.45, 2.75) is 23.1 Å². The predicted octanol–water partition coefficient (Wildman–Crippen LogP) is 2.13. The number of amides is 1. The van der Waals surface area contributed by atoms with E-state index in [2.05, 4.69) is 50.0 Å². The van der Waals surface area contributed by atoms with Crippen molar-refractivity contribution < 1.29 is 18.0 Å². The van der Waals surface area contributed by atoms with E-state index in [9.17, 15) is 18.0 Å². The van der Waals surface area contributed by atoms with Gasteiger partial charge in [0.1, 0.15) is 5.78 Å². The van der Waals surface area contributed by atoms with Gasteiger partial charge in [0.15, 0.2) is 5.11 Å². The number of thiol groups is 1. The number of hydrogen-bond acceptors (Lipinski definition) is 7. The predicted molar refractivity (Wildman–Crippen MR) is 130 cm³/mol. The molecule has 0 saturated carbocycles. The zero-order valence-corrected chi connectivity index (χ0v) is 20.1. The number of hydrogen-bond donors (Lipinski definition) is 6. The SMILES string of the molecule is NS(=O)(=O)c1ccc(NC(S)CC(=O)CC(=O)NNC(=S)Nc2ccc(Br)cc2)cc1. The lowest BCUT2D eigenvalue weighted by atomic mass is 10.2. The van der Waals surface area contributed by atoms with Crippen molar-refractivity contribution in [2.75, 3.05) is 10.6 Å². The van der Waals surface area contributed by atoms with Gasteiger partial charge < -0.3 is 10.6 Å². The largest absolute Gasteiger partial charge is 0.373 e. The van der Waals surface area contributed by atoms with Gasteiger partial charge in [-0.3, -0.25) is 20.4 Å². The molecule has 31 heavy (non-hydrogen) atoms. The van der Waals surface area contributed by atoms with Crippen LogP contribution in [0.4, 0.5) is 11.4 Å². The van der Waals surface area contributed by atoms with Gasteiger partial charge in [-0.15, -0.1) is 0 Å². The number of carbonyl (C=O) groups excluding carboxylic acids is 2. The minimum atomic E-state index is -3.78. The van der Waals surface area contributed by atoms with Gasteiger partial charge in [-0.05, 0) is 60.7 Å². The van der Waals surface area contributed by atoms with Gasteiger partial charge in [-0.25, -0.2) is 13.6 Å². The molecule has 13 heteroatoms. The Morgan fingerprint density at radius 3 is 2.19 bits per heavy atom. The number of hydrazine groups is 1. The van der Waals surface area contributed by atoms with E-state index in [1.54, 1.807) is 12.1 Å². The Morgan fingerprint density at radius 1 is 1.03 bits per heavy atom. The third-order valence-electron chi connectivity index (χ3n) is 3.71. The number of anilines is 2. The van der Waals surface area contributed by atoms with Crippen molar-refractivity contribution in [3.05, 3.63) is 53.0 Å². The molecular formula is C18H20BrN5O4S3. The van der Waals surface area contributed by atoms with Crippen molar-refractivity contribution >= 4 is 79.0 Å². The Balaban J connectivity index is 1.72. The molecule has 1 atom stereocenters.